The molecule has 2 nitrogen and oxygen atoms in total. The molecule has 2 aromatic rings. The van der Waals surface area contributed by atoms with Crippen molar-refractivity contribution >= 4 is 5.69 Å². The molecule has 1 aromatic heterocycles. The molecule has 18 heavy (non-hydrogen) atoms. The van der Waals surface area contributed by atoms with E-state index in [-0.39, 0.29) is 11.7 Å². The lowest BCUT2D eigenvalue weighted by Gasteiger charge is -2.14. The highest BCUT2D eigenvalue weighted by Crippen LogP contribution is 2.33. The molecule has 2 rings (SSSR count). The maximum absolute atomic E-state index is 13.6. The number of nitrogens with two attached hydrogens (primary N) is 1. The third-order valence-electron chi connectivity index (χ3n) is 2.81. The molecule has 4 heteroatoms. The number of anilines is 1. The number of nitrogen functional groups attached to an aromatic ring is 1. The van der Waals surface area contributed by atoms with E-state index in [1.54, 1.807) is 0 Å². The van der Waals surface area contributed by atoms with E-state index in [1.807, 2.05) is 13.8 Å². The summed E-state index contributed by atoms with van der Waals surface area (Å²) in [6, 6.07) is 4.01. The van der Waals surface area contributed by atoms with Crippen LogP contribution in [0, 0.1) is 11.6 Å². The van der Waals surface area contributed by atoms with Gasteiger partial charge in [-0.3, -0.25) is 4.98 Å². The van der Waals surface area contributed by atoms with Crippen LogP contribution >= 0.6 is 0 Å². The van der Waals surface area contributed by atoms with Crippen molar-refractivity contribution in [3.63, 3.8) is 0 Å². The predicted molar refractivity (Wildman–Crippen MR) is 68.1 cm³/mol. The average Bonchev–Trinajstić information content (AvgIpc) is 2.31. The molecule has 2 N–H and O–H groups in total. The third-order valence-corrected chi connectivity index (χ3v) is 2.81. The van der Waals surface area contributed by atoms with Crippen molar-refractivity contribution < 1.29 is 8.78 Å². The second-order valence-corrected chi connectivity index (χ2v) is 4.50. The Morgan fingerprint density at radius 3 is 2.39 bits per heavy atom. The Morgan fingerprint density at radius 2 is 1.78 bits per heavy atom. The summed E-state index contributed by atoms with van der Waals surface area (Å²) in [6.07, 6.45) is 2.57. The summed E-state index contributed by atoms with van der Waals surface area (Å²) in [6.45, 7) is 3.86. The van der Waals surface area contributed by atoms with E-state index in [9.17, 15) is 8.78 Å². The molecule has 0 spiro atoms. The van der Waals surface area contributed by atoms with E-state index in [2.05, 4.69) is 4.98 Å². The summed E-state index contributed by atoms with van der Waals surface area (Å²) < 4.78 is 26.7. The first-order chi connectivity index (χ1) is 8.49. The van der Waals surface area contributed by atoms with Crippen LogP contribution in [0.5, 0.6) is 0 Å². The summed E-state index contributed by atoms with van der Waals surface area (Å²) in [4.78, 5) is 3.75. The van der Waals surface area contributed by atoms with Crippen LogP contribution in [-0.2, 0) is 0 Å². The number of rotatable bonds is 2. The van der Waals surface area contributed by atoms with Gasteiger partial charge in [0.1, 0.15) is 11.6 Å². The van der Waals surface area contributed by atoms with Crippen LogP contribution < -0.4 is 5.73 Å². The summed E-state index contributed by atoms with van der Waals surface area (Å²) in [7, 11) is 0. The van der Waals surface area contributed by atoms with Gasteiger partial charge in [-0.25, -0.2) is 8.78 Å². The van der Waals surface area contributed by atoms with Gasteiger partial charge in [-0.2, -0.15) is 0 Å². The monoisotopic (exact) mass is 248 g/mol. The highest BCUT2D eigenvalue weighted by Gasteiger charge is 2.13. The molecule has 94 valence electrons. The lowest BCUT2D eigenvalue weighted by molar-refractivity contribution is 0.620. The minimum absolute atomic E-state index is 0.0981. The maximum atomic E-state index is 13.6. The Hall–Kier alpha value is -1.97. The van der Waals surface area contributed by atoms with Crippen LogP contribution in [0.2, 0.25) is 0 Å². The number of nitrogens with zero attached hydrogens (tertiary/aromatic N) is 1. The Balaban J connectivity index is 2.64. The summed E-state index contributed by atoms with van der Waals surface area (Å²) >= 11 is 0. The van der Waals surface area contributed by atoms with Crippen molar-refractivity contribution in [1.82, 2.24) is 4.98 Å². The highest BCUT2D eigenvalue weighted by molar-refractivity contribution is 5.78. The molecule has 0 saturated heterocycles. The van der Waals surface area contributed by atoms with Crippen molar-refractivity contribution in [2.45, 2.75) is 19.8 Å². The largest absolute Gasteiger partial charge is 0.398 e. The molecule has 0 atom stereocenters. The van der Waals surface area contributed by atoms with Crippen molar-refractivity contribution in [2.75, 3.05) is 5.73 Å². The van der Waals surface area contributed by atoms with Crippen molar-refractivity contribution in [3.05, 3.63) is 47.8 Å². The van der Waals surface area contributed by atoms with Gasteiger partial charge >= 0.3 is 0 Å². The molecule has 0 amide bonds. The number of aromatic nitrogens is 1. The van der Waals surface area contributed by atoms with Crippen molar-refractivity contribution in [1.29, 1.82) is 0 Å². The lowest BCUT2D eigenvalue weighted by Crippen LogP contribution is -2.01. The minimum Gasteiger partial charge on any atom is -0.398 e. The zero-order chi connectivity index (χ0) is 13.3. The SMILES string of the molecule is CC(C)c1cc(F)cc(-c2cncc(F)c2)c1N. The summed E-state index contributed by atoms with van der Waals surface area (Å²) in [5.74, 6) is -0.754. The minimum atomic E-state index is -0.470. The normalized spacial score (nSPS) is 10.9. The van der Waals surface area contributed by atoms with Gasteiger partial charge in [-0.05, 0) is 29.7 Å². The zero-order valence-corrected chi connectivity index (χ0v) is 10.2. The van der Waals surface area contributed by atoms with Crippen LogP contribution in [0.1, 0.15) is 25.3 Å². The Morgan fingerprint density at radius 1 is 1.06 bits per heavy atom. The van der Waals surface area contributed by atoms with Crippen LogP contribution in [0.4, 0.5) is 14.5 Å². The number of hydrogen-bond donors (Lipinski definition) is 1. The van der Waals surface area contributed by atoms with Crippen LogP contribution in [0.25, 0.3) is 11.1 Å². The van der Waals surface area contributed by atoms with E-state index in [0.717, 1.165) is 6.20 Å². The second kappa shape index (κ2) is 4.72. The molecule has 0 radical (unpaired) electrons. The lowest BCUT2D eigenvalue weighted by atomic mass is 9.95. The van der Waals surface area contributed by atoms with Gasteiger partial charge in [0, 0.05) is 23.0 Å². The quantitative estimate of drug-likeness (QED) is 0.822. The Kier molecular flexibility index (Phi) is 3.28. The first kappa shape index (κ1) is 12.5. The molecule has 1 heterocycles. The highest BCUT2D eigenvalue weighted by atomic mass is 19.1. The summed E-state index contributed by atoms with van der Waals surface area (Å²) in [5.41, 5.74) is 8.16. The number of hydrogen-bond acceptors (Lipinski definition) is 2. The second-order valence-electron chi connectivity index (χ2n) is 4.50. The molecular formula is C14H14F2N2. The molecule has 0 aliphatic heterocycles. The molecule has 0 unspecified atom stereocenters. The molecule has 0 bridgehead atoms. The van der Waals surface area contributed by atoms with Gasteiger partial charge in [0.25, 0.3) is 0 Å². The van der Waals surface area contributed by atoms with Gasteiger partial charge in [-0.1, -0.05) is 13.8 Å². The van der Waals surface area contributed by atoms with Gasteiger partial charge in [0.15, 0.2) is 0 Å². The van der Waals surface area contributed by atoms with Gasteiger partial charge < -0.3 is 5.73 Å². The van der Waals surface area contributed by atoms with Crippen molar-refractivity contribution in [3.8, 4) is 11.1 Å². The zero-order valence-electron chi connectivity index (χ0n) is 10.2. The third kappa shape index (κ3) is 2.32. The fourth-order valence-corrected chi connectivity index (χ4v) is 1.91. The van der Waals surface area contributed by atoms with E-state index < -0.39 is 5.82 Å². The standard InChI is InChI=1S/C14H14F2N2/c1-8(2)12-4-10(15)5-13(14(12)17)9-3-11(16)7-18-6-9/h3-8H,17H2,1-2H3. The number of benzene rings is 1. The topological polar surface area (TPSA) is 38.9 Å². The molecule has 0 fully saturated rings. The molecule has 0 aliphatic rings. The average molecular weight is 248 g/mol. The van der Waals surface area contributed by atoms with Gasteiger partial charge in [0.2, 0.25) is 0 Å². The van der Waals surface area contributed by atoms with E-state index in [4.69, 9.17) is 5.73 Å². The van der Waals surface area contributed by atoms with Crippen LogP contribution in [-0.4, -0.2) is 4.98 Å². The first-order valence-electron chi connectivity index (χ1n) is 5.69. The van der Waals surface area contributed by atoms with E-state index >= 15 is 0 Å². The van der Waals surface area contributed by atoms with Gasteiger partial charge in [-0.15, -0.1) is 0 Å². The first-order valence-corrected chi connectivity index (χ1v) is 5.69. The predicted octanol–water partition coefficient (Wildman–Crippen LogP) is 3.73. The maximum Gasteiger partial charge on any atom is 0.142 e. The molecule has 0 saturated carbocycles. The van der Waals surface area contributed by atoms with E-state index in [1.165, 1.54) is 24.4 Å². The Bertz CT molecular complexity index is 580. The Labute approximate surface area is 104 Å². The summed E-state index contributed by atoms with van der Waals surface area (Å²) in [5, 5.41) is 0. The fourth-order valence-electron chi connectivity index (χ4n) is 1.91. The number of halogens is 2. The smallest absolute Gasteiger partial charge is 0.142 e. The van der Waals surface area contributed by atoms with Crippen LogP contribution in [0.15, 0.2) is 30.6 Å². The van der Waals surface area contributed by atoms with Crippen LogP contribution in [0.3, 0.4) is 0 Å². The molecule has 0 aliphatic carbocycles. The van der Waals surface area contributed by atoms with Gasteiger partial charge in [0.05, 0.1) is 6.20 Å². The molecular weight excluding hydrogens is 234 g/mol. The van der Waals surface area contributed by atoms with E-state index in [0.29, 0.717) is 22.4 Å². The van der Waals surface area contributed by atoms with Crippen molar-refractivity contribution in [2.24, 2.45) is 0 Å². The number of pyridine rings is 1. The fraction of sp³-hybridized carbons (Fsp3) is 0.214. The molecule has 1 aromatic carbocycles.